The van der Waals surface area contributed by atoms with Gasteiger partial charge in [0.2, 0.25) is 0 Å². The number of aliphatic hydroxyl groups is 1. The highest BCUT2D eigenvalue weighted by atomic mass is 79.9. The second kappa shape index (κ2) is 5.47. The number of halogens is 2. The molecule has 0 amide bonds. The topological polar surface area (TPSA) is 51.2 Å². The third-order valence-electron chi connectivity index (χ3n) is 2.84. The van der Waals surface area contributed by atoms with E-state index in [1.807, 2.05) is 18.5 Å². The molecule has 98 valence electrons. The van der Waals surface area contributed by atoms with Crippen LogP contribution in [0.25, 0.3) is 0 Å². The van der Waals surface area contributed by atoms with Gasteiger partial charge < -0.3 is 9.52 Å². The largest absolute Gasteiger partial charge is 0.453 e. The van der Waals surface area contributed by atoms with Crippen molar-refractivity contribution in [1.29, 1.82) is 0 Å². The predicted molar refractivity (Wildman–Crippen MR) is 72.7 cm³/mol. The molecule has 4 nitrogen and oxygen atoms in total. The minimum absolute atomic E-state index is 0.234. The zero-order chi connectivity index (χ0) is 13.3. The molecule has 0 radical (unpaired) electrons. The molecule has 0 aliphatic heterocycles. The Morgan fingerprint density at radius 1 is 1.61 bits per heavy atom. The Kier molecular flexibility index (Phi) is 4.14. The number of hydrogen-bond acceptors (Lipinski definition) is 3. The molecule has 0 saturated heterocycles. The Bertz CT molecular complexity index is 550. The lowest BCUT2D eigenvalue weighted by atomic mass is 10.1. The summed E-state index contributed by atoms with van der Waals surface area (Å²) in [4.78, 5) is 0. The Morgan fingerprint density at radius 3 is 2.89 bits per heavy atom. The average molecular weight is 334 g/mol. The highest BCUT2D eigenvalue weighted by molar-refractivity contribution is 9.10. The molecule has 0 spiro atoms. The van der Waals surface area contributed by atoms with Crippen LogP contribution < -0.4 is 0 Å². The maximum atomic E-state index is 10.2. The zero-order valence-corrected chi connectivity index (χ0v) is 12.5. The fourth-order valence-electron chi connectivity index (χ4n) is 1.90. The first-order valence-corrected chi connectivity index (χ1v) is 6.84. The van der Waals surface area contributed by atoms with E-state index >= 15 is 0 Å². The zero-order valence-electron chi connectivity index (χ0n) is 10.2. The molecule has 2 aromatic heterocycles. The van der Waals surface area contributed by atoms with Crippen LogP contribution in [-0.2, 0) is 13.0 Å². The van der Waals surface area contributed by atoms with Crippen molar-refractivity contribution in [3.05, 3.63) is 39.0 Å². The molecule has 0 aliphatic carbocycles. The van der Waals surface area contributed by atoms with Crippen LogP contribution in [0, 0.1) is 6.92 Å². The molecule has 1 atom stereocenters. The molecule has 18 heavy (non-hydrogen) atoms. The minimum Gasteiger partial charge on any atom is -0.453 e. The van der Waals surface area contributed by atoms with E-state index in [9.17, 15) is 5.11 Å². The van der Waals surface area contributed by atoms with E-state index in [-0.39, 0.29) is 5.22 Å². The van der Waals surface area contributed by atoms with Crippen LogP contribution in [0.5, 0.6) is 0 Å². The van der Waals surface area contributed by atoms with Crippen LogP contribution in [-0.4, -0.2) is 14.9 Å². The number of aromatic nitrogens is 2. The second-order valence-corrected chi connectivity index (χ2v) is 5.17. The van der Waals surface area contributed by atoms with Gasteiger partial charge in [-0.2, -0.15) is 5.10 Å². The summed E-state index contributed by atoms with van der Waals surface area (Å²) >= 11 is 9.36. The van der Waals surface area contributed by atoms with E-state index in [1.165, 1.54) is 6.26 Å². The molecule has 1 N–H and O–H groups in total. The fourth-order valence-corrected chi connectivity index (χ4v) is 2.59. The number of hydrogen-bond donors (Lipinski definition) is 1. The van der Waals surface area contributed by atoms with Crippen LogP contribution in [0.4, 0.5) is 0 Å². The molecule has 0 saturated carbocycles. The molecule has 0 fully saturated rings. The molecule has 0 aliphatic rings. The summed E-state index contributed by atoms with van der Waals surface area (Å²) in [6, 6.07) is 1.68. The highest BCUT2D eigenvalue weighted by Gasteiger charge is 2.20. The molecular weight excluding hydrogens is 320 g/mol. The molecule has 0 aromatic carbocycles. The average Bonchev–Trinajstić information content (AvgIpc) is 2.87. The first-order valence-electron chi connectivity index (χ1n) is 5.67. The Balaban J connectivity index is 2.27. The Labute approximate surface area is 119 Å². The minimum atomic E-state index is -0.700. The number of aryl methyl sites for hydroxylation is 2. The van der Waals surface area contributed by atoms with Gasteiger partial charge in [0.25, 0.3) is 0 Å². The van der Waals surface area contributed by atoms with E-state index in [1.54, 1.807) is 6.07 Å². The van der Waals surface area contributed by atoms with Crippen LogP contribution in [0.3, 0.4) is 0 Å². The van der Waals surface area contributed by atoms with Crippen molar-refractivity contribution in [3.63, 3.8) is 0 Å². The lowest BCUT2D eigenvalue weighted by molar-refractivity contribution is 0.174. The normalized spacial score (nSPS) is 12.9. The van der Waals surface area contributed by atoms with Gasteiger partial charge in [-0.3, -0.25) is 4.68 Å². The maximum Gasteiger partial charge on any atom is 0.198 e. The lowest BCUT2D eigenvalue weighted by Crippen LogP contribution is -2.08. The van der Waals surface area contributed by atoms with Gasteiger partial charge >= 0.3 is 0 Å². The van der Waals surface area contributed by atoms with Crippen molar-refractivity contribution in [3.8, 4) is 0 Å². The number of furan rings is 1. The van der Waals surface area contributed by atoms with Gasteiger partial charge in [-0.1, -0.05) is 0 Å². The van der Waals surface area contributed by atoms with Crippen LogP contribution in [0.2, 0.25) is 5.22 Å². The van der Waals surface area contributed by atoms with Crippen LogP contribution >= 0.6 is 27.5 Å². The molecular formula is C12H14BrClN2O2. The second-order valence-electron chi connectivity index (χ2n) is 4.03. The van der Waals surface area contributed by atoms with Crippen molar-refractivity contribution in [2.45, 2.75) is 32.9 Å². The summed E-state index contributed by atoms with van der Waals surface area (Å²) in [5, 5.41) is 14.8. The van der Waals surface area contributed by atoms with Gasteiger partial charge in [-0.25, -0.2) is 0 Å². The van der Waals surface area contributed by atoms with E-state index < -0.39 is 6.10 Å². The summed E-state index contributed by atoms with van der Waals surface area (Å²) in [5.74, 6) is 0. The summed E-state index contributed by atoms with van der Waals surface area (Å²) in [6.07, 6.45) is 1.21. The molecule has 2 rings (SSSR count). The van der Waals surface area contributed by atoms with Gasteiger partial charge in [-0.05, 0) is 47.4 Å². The molecule has 2 heterocycles. The van der Waals surface area contributed by atoms with Crippen LogP contribution in [0.1, 0.15) is 30.0 Å². The Hall–Kier alpha value is -0.780. The number of nitrogens with zero attached hydrogens (tertiary/aromatic N) is 2. The first kappa shape index (κ1) is 13.6. The van der Waals surface area contributed by atoms with E-state index in [0.29, 0.717) is 12.0 Å². The van der Waals surface area contributed by atoms with Gasteiger partial charge in [0, 0.05) is 18.5 Å². The van der Waals surface area contributed by atoms with Crippen molar-refractivity contribution >= 4 is 27.5 Å². The van der Waals surface area contributed by atoms with Crippen molar-refractivity contribution < 1.29 is 9.52 Å². The van der Waals surface area contributed by atoms with E-state index in [2.05, 4.69) is 21.0 Å². The molecule has 0 bridgehead atoms. The summed E-state index contributed by atoms with van der Waals surface area (Å²) in [7, 11) is 0. The number of rotatable bonds is 4. The van der Waals surface area contributed by atoms with Gasteiger partial charge in [0.05, 0.1) is 28.2 Å². The molecule has 2 aromatic rings. The van der Waals surface area contributed by atoms with Crippen molar-refractivity contribution in [2.75, 3.05) is 0 Å². The smallest absolute Gasteiger partial charge is 0.198 e. The SMILES string of the molecule is CCn1nc(C)c(Br)c1CC(O)c1ccoc1Cl. The lowest BCUT2D eigenvalue weighted by Gasteiger charge is -2.11. The predicted octanol–water partition coefficient (Wildman–Crippen LogP) is 3.50. The summed E-state index contributed by atoms with van der Waals surface area (Å²) in [5.41, 5.74) is 2.47. The van der Waals surface area contributed by atoms with Gasteiger partial charge in [-0.15, -0.1) is 0 Å². The standard InChI is InChI=1S/C12H14BrClN2O2/c1-3-16-9(11(13)7(2)15-16)6-10(17)8-4-5-18-12(8)14/h4-5,10,17H,3,6H2,1-2H3. The van der Waals surface area contributed by atoms with Gasteiger partial charge in [0.15, 0.2) is 5.22 Å². The van der Waals surface area contributed by atoms with Crippen molar-refractivity contribution in [2.24, 2.45) is 0 Å². The quantitative estimate of drug-likeness (QED) is 0.931. The van der Waals surface area contributed by atoms with E-state index in [0.717, 1.165) is 22.4 Å². The van der Waals surface area contributed by atoms with Gasteiger partial charge in [0.1, 0.15) is 0 Å². The Morgan fingerprint density at radius 2 is 2.33 bits per heavy atom. The summed E-state index contributed by atoms with van der Waals surface area (Å²) < 4.78 is 7.79. The maximum absolute atomic E-state index is 10.2. The number of aliphatic hydroxyl groups excluding tert-OH is 1. The third kappa shape index (κ3) is 2.48. The monoisotopic (exact) mass is 332 g/mol. The third-order valence-corrected chi connectivity index (χ3v) is 4.18. The summed E-state index contributed by atoms with van der Waals surface area (Å²) in [6.45, 7) is 4.70. The molecule has 1 unspecified atom stereocenters. The van der Waals surface area contributed by atoms with E-state index in [4.69, 9.17) is 16.0 Å². The van der Waals surface area contributed by atoms with Crippen LogP contribution in [0.15, 0.2) is 21.2 Å². The molecule has 6 heteroatoms. The highest BCUT2D eigenvalue weighted by Crippen LogP contribution is 2.30. The first-order chi connectivity index (χ1) is 8.54. The fraction of sp³-hybridized carbons (Fsp3) is 0.417. The van der Waals surface area contributed by atoms with Crippen molar-refractivity contribution in [1.82, 2.24) is 9.78 Å².